The molecule has 0 aliphatic rings. The third-order valence-electron chi connectivity index (χ3n) is 1.86. The second-order valence-electron chi connectivity index (χ2n) is 2.69. The summed E-state index contributed by atoms with van der Waals surface area (Å²) in [6, 6.07) is 5.79. The van der Waals surface area contributed by atoms with E-state index in [1.165, 1.54) is 0 Å². The quantitative estimate of drug-likeness (QED) is 0.535. The van der Waals surface area contributed by atoms with Gasteiger partial charge in [0.25, 0.3) is 0 Å². The summed E-state index contributed by atoms with van der Waals surface area (Å²) in [5, 5.41) is 1.66. The molecule has 12 heavy (non-hydrogen) atoms. The lowest BCUT2D eigenvalue weighted by atomic mass is 10.2. The molecule has 3 heteroatoms. The zero-order valence-electron chi connectivity index (χ0n) is 7.66. The first-order valence-electron chi connectivity index (χ1n) is 3.79. The highest BCUT2D eigenvalue weighted by atomic mass is 16.7. The highest BCUT2D eigenvalue weighted by Crippen LogP contribution is 2.25. The molecule has 0 aliphatic carbocycles. The molecule has 0 heterocycles. The first-order chi connectivity index (χ1) is 5.66. The van der Waals surface area contributed by atoms with Gasteiger partial charge in [0.2, 0.25) is 0 Å². The summed E-state index contributed by atoms with van der Waals surface area (Å²) in [6.45, 7) is 2.00. The van der Waals surface area contributed by atoms with Gasteiger partial charge in [-0.15, -0.1) is 0 Å². The minimum Gasteiger partial charge on any atom is -0.397 e. The number of para-hydroxylation sites is 1. The summed E-state index contributed by atoms with van der Waals surface area (Å²) in [5.41, 5.74) is 8.55. The molecule has 66 valence electrons. The van der Waals surface area contributed by atoms with E-state index in [4.69, 9.17) is 10.6 Å². The van der Waals surface area contributed by atoms with E-state index in [1.54, 1.807) is 12.2 Å². The van der Waals surface area contributed by atoms with Crippen LogP contribution in [0.1, 0.15) is 5.56 Å². The molecule has 0 saturated heterocycles. The van der Waals surface area contributed by atoms with Crippen molar-refractivity contribution in [2.75, 3.05) is 25.0 Å². The zero-order valence-corrected chi connectivity index (χ0v) is 7.66. The lowest BCUT2D eigenvalue weighted by molar-refractivity contribution is 0.185. The van der Waals surface area contributed by atoms with Crippen molar-refractivity contribution in [3.05, 3.63) is 23.8 Å². The van der Waals surface area contributed by atoms with Crippen LogP contribution in [0, 0.1) is 6.92 Å². The van der Waals surface area contributed by atoms with Gasteiger partial charge in [-0.05, 0) is 18.6 Å². The van der Waals surface area contributed by atoms with Crippen LogP contribution >= 0.6 is 0 Å². The van der Waals surface area contributed by atoms with Gasteiger partial charge in [0.15, 0.2) is 0 Å². The topological polar surface area (TPSA) is 38.5 Å². The van der Waals surface area contributed by atoms with Crippen LogP contribution in [0.3, 0.4) is 0 Å². The number of hydroxylamine groups is 1. The summed E-state index contributed by atoms with van der Waals surface area (Å²) in [4.78, 5) is 5.05. The van der Waals surface area contributed by atoms with E-state index in [0.29, 0.717) is 0 Å². The average Bonchev–Trinajstić information content (AvgIpc) is 2.03. The van der Waals surface area contributed by atoms with Gasteiger partial charge in [-0.2, -0.15) is 0 Å². The molecule has 0 unspecified atom stereocenters. The molecule has 2 N–H and O–H groups in total. The summed E-state index contributed by atoms with van der Waals surface area (Å²) >= 11 is 0. The molecule has 0 bridgehead atoms. The Balaban J connectivity index is 3.12. The molecule has 1 rings (SSSR count). The first kappa shape index (κ1) is 8.87. The van der Waals surface area contributed by atoms with Gasteiger partial charge in [0.05, 0.1) is 18.5 Å². The SMILES string of the molecule is CON(C)c1c(C)cccc1N. The molecular formula is C9H14N2O. The molecular weight excluding hydrogens is 152 g/mol. The lowest BCUT2D eigenvalue weighted by Gasteiger charge is -2.19. The maximum Gasteiger partial charge on any atom is 0.0891 e. The van der Waals surface area contributed by atoms with E-state index in [2.05, 4.69) is 0 Å². The largest absolute Gasteiger partial charge is 0.397 e. The fraction of sp³-hybridized carbons (Fsp3) is 0.333. The summed E-state index contributed by atoms with van der Waals surface area (Å²) in [7, 11) is 3.45. The van der Waals surface area contributed by atoms with Crippen LogP contribution in [0.2, 0.25) is 0 Å². The Morgan fingerprint density at radius 1 is 1.42 bits per heavy atom. The fourth-order valence-electron chi connectivity index (χ4n) is 1.20. The van der Waals surface area contributed by atoms with Crippen LogP contribution in [0.4, 0.5) is 11.4 Å². The first-order valence-corrected chi connectivity index (χ1v) is 3.79. The van der Waals surface area contributed by atoms with Crippen LogP contribution in [0.15, 0.2) is 18.2 Å². The van der Waals surface area contributed by atoms with Gasteiger partial charge in [0, 0.05) is 7.05 Å². The molecule has 0 aromatic heterocycles. The number of anilines is 2. The molecule has 0 spiro atoms. The Morgan fingerprint density at radius 2 is 2.08 bits per heavy atom. The molecule has 3 nitrogen and oxygen atoms in total. The normalized spacial score (nSPS) is 9.92. The average molecular weight is 166 g/mol. The predicted molar refractivity (Wildman–Crippen MR) is 51.0 cm³/mol. The minimum atomic E-state index is 0.736. The summed E-state index contributed by atoms with van der Waals surface area (Å²) < 4.78 is 0. The van der Waals surface area contributed by atoms with E-state index in [0.717, 1.165) is 16.9 Å². The highest BCUT2D eigenvalue weighted by Gasteiger charge is 2.06. The Hall–Kier alpha value is -1.22. The predicted octanol–water partition coefficient (Wildman–Crippen LogP) is 1.57. The van der Waals surface area contributed by atoms with E-state index >= 15 is 0 Å². The van der Waals surface area contributed by atoms with Gasteiger partial charge >= 0.3 is 0 Å². The minimum absolute atomic E-state index is 0.736. The Labute approximate surface area is 72.7 Å². The Morgan fingerprint density at radius 3 is 2.58 bits per heavy atom. The zero-order chi connectivity index (χ0) is 9.14. The number of benzene rings is 1. The molecule has 1 aromatic rings. The van der Waals surface area contributed by atoms with Crippen molar-refractivity contribution in [1.82, 2.24) is 0 Å². The van der Waals surface area contributed by atoms with Crippen molar-refractivity contribution in [3.63, 3.8) is 0 Å². The van der Waals surface area contributed by atoms with Gasteiger partial charge in [-0.3, -0.25) is 9.90 Å². The molecule has 0 fully saturated rings. The van der Waals surface area contributed by atoms with Gasteiger partial charge < -0.3 is 5.73 Å². The standard InChI is InChI=1S/C9H14N2O/c1-7-5-4-6-8(10)9(7)11(2)12-3/h4-6H,10H2,1-3H3. The van der Waals surface area contributed by atoms with Crippen molar-refractivity contribution in [3.8, 4) is 0 Å². The Kier molecular flexibility index (Phi) is 2.55. The maximum absolute atomic E-state index is 5.78. The number of nitrogens with zero attached hydrogens (tertiary/aromatic N) is 1. The molecule has 0 aliphatic heterocycles. The lowest BCUT2D eigenvalue weighted by Crippen LogP contribution is -2.17. The van der Waals surface area contributed by atoms with E-state index in [1.807, 2.05) is 32.2 Å². The second kappa shape index (κ2) is 3.45. The highest BCUT2D eigenvalue weighted by molar-refractivity contribution is 5.69. The van der Waals surface area contributed by atoms with Crippen LogP contribution in [-0.4, -0.2) is 14.2 Å². The van der Waals surface area contributed by atoms with Crippen molar-refractivity contribution in [2.45, 2.75) is 6.92 Å². The Bertz CT molecular complexity index is 253. The van der Waals surface area contributed by atoms with Gasteiger partial charge in [-0.25, -0.2) is 0 Å². The molecule has 0 saturated carbocycles. The van der Waals surface area contributed by atoms with E-state index in [9.17, 15) is 0 Å². The smallest absolute Gasteiger partial charge is 0.0891 e. The van der Waals surface area contributed by atoms with Crippen molar-refractivity contribution < 1.29 is 4.84 Å². The van der Waals surface area contributed by atoms with Crippen LogP contribution < -0.4 is 10.8 Å². The van der Waals surface area contributed by atoms with Crippen LogP contribution in [0.5, 0.6) is 0 Å². The molecule has 1 aromatic carbocycles. The summed E-state index contributed by atoms with van der Waals surface area (Å²) in [5.74, 6) is 0. The number of hydrogen-bond donors (Lipinski definition) is 1. The number of hydrogen-bond acceptors (Lipinski definition) is 3. The van der Waals surface area contributed by atoms with E-state index in [-0.39, 0.29) is 0 Å². The molecule has 0 atom stereocenters. The van der Waals surface area contributed by atoms with Crippen molar-refractivity contribution in [2.24, 2.45) is 0 Å². The van der Waals surface area contributed by atoms with Crippen molar-refractivity contribution >= 4 is 11.4 Å². The van der Waals surface area contributed by atoms with Gasteiger partial charge in [-0.1, -0.05) is 12.1 Å². The molecule has 0 amide bonds. The fourth-order valence-corrected chi connectivity index (χ4v) is 1.20. The van der Waals surface area contributed by atoms with Crippen LogP contribution in [0.25, 0.3) is 0 Å². The van der Waals surface area contributed by atoms with Crippen molar-refractivity contribution in [1.29, 1.82) is 0 Å². The van der Waals surface area contributed by atoms with Gasteiger partial charge in [0.1, 0.15) is 0 Å². The van der Waals surface area contributed by atoms with E-state index < -0.39 is 0 Å². The third kappa shape index (κ3) is 1.51. The number of nitrogens with two attached hydrogens (primary N) is 1. The monoisotopic (exact) mass is 166 g/mol. The number of aryl methyl sites for hydroxylation is 1. The molecule has 0 radical (unpaired) electrons. The number of rotatable bonds is 2. The second-order valence-corrected chi connectivity index (χ2v) is 2.69. The summed E-state index contributed by atoms with van der Waals surface area (Å²) in [6.07, 6.45) is 0. The third-order valence-corrected chi connectivity index (χ3v) is 1.86. The maximum atomic E-state index is 5.78. The van der Waals surface area contributed by atoms with Crippen LogP contribution in [-0.2, 0) is 4.84 Å². The number of nitrogen functional groups attached to an aromatic ring is 1.